The van der Waals surface area contributed by atoms with Gasteiger partial charge >= 0.3 is 5.63 Å². The average Bonchev–Trinajstić information content (AvgIpc) is 3.18. The number of aliphatic carboxylic acids is 1. The summed E-state index contributed by atoms with van der Waals surface area (Å²) in [5.74, 6) is -1.94. The second-order valence-electron chi connectivity index (χ2n) is 7.90. The fourth-order valence-corrected chi connectivity index (χ4v) is 4.04. The van der Waals surface area contributed by atoms with E-state index in [9.17, 15) is 19.5 Å². The number of carbonyl (C=O) groups is 2. The average molecular weight is 467 g/mol. The fourth-order valence-electron chi connectivity index (χ4n) is 3.91. The molecular formula is C25H21ClNO6-. The van der Waals surface area contributed by atoms with E-state index in [0.29, 0.717) is 33.6 Å². The van der Waals surface area contributed by atoms with Crippen LogP contribution in [0.15, 0.2) is 56.3 Å². The van der Waals surface area contributed by atoms with E-state index in [1.807, 2.05) is 18.2 Å². The van der Waals surface area contributed by atoms with Crippen LogP contribution in [0, 0.1) is 6.92 Å². The Morgan fingerprint density at radius 3 is 2.52 bits per heavy atom. The smallest absolute Gasteiger partial charge is 0.340 e. The van der Waals surface area contributed by atoms with Crippen LogP contribution in [-0.4, -0.2) is 17.9 Å². The molecule has 0 fully saturated rings. The lowest BCUT2D eigenvalue weighted by Gasteiger charge is -2.19. The van der Waals surface area contributed by atoms with E-state index in [1.165, 1.54) is 0 Å². The van der Waals surface area contributed by atoms with Crippen LogP contribution in [0.3, 0.4) is 0 Å². The van der Waals surface area contributed by atoms with Gasteiger partial charge in [0.15, 0.2) is 0 Å². The van der Waals surface area contributed by atoms with Gasteiger partial charge in [-0.2, -0.15) is 0 Å². The van der Waals surface area contributed by atoms with Gasteiger partial charge < -0.3 is 24.1 Å². The topological polar surface area (TPSA) is 113 Å². The molecule has 0 saturated carbocycles. The molecule has 0 bridgehead atoms. The number of carboxylic acid groups (broad SMARTS) is 1. The van der Waals surface area contributed by atoms with Gasteiger partial charge in [0.1, 0.15) is 11.2 Å². The Bertz CT molecular complexity index is 1420. The number of carbonyl (C=O) groups excluding carboxylic acids is 2. The van der Waals surface area contributed by atoms with E-state index in [-0.39, 0.29) is 18.4 Å². The summed E-state index contributed by atoms with van der Waals surface area (Å²) in [6.45, 7) is 3.54. The molecular weight excluding hydrogens is 446 g/mol. The molecule has 7 nitrogen and oxygen atoms in total. The maximum Gasteiger partial charge on any atom is 0.340 e. The number of benzene rings is 2. The minimum Gasteiger partial charge on any atom is -0.548 e. The summed E-state index contributed by atoms with van der Waals surface area (Å²) in [5, 5.41) is 15.8. The lowest BCUT2D eigenvalue weighted by atomic mass is 9.99. The highest BCUT2D eigenvalue weighted by molar-refractivity contribution is 6.30. The Morgan fingerprint density at radius 2 is 1.85 bits per heavy atom. The largest absolute Gasteiger partial charge is 0.548 e. The minimum atomic E-state index is -1.36. The minimum absolute atomic E-state index is 0.171. The van der Waals surface area contributed by atoms with Crippen LogP contribution in [0.5, 0.6) is 0 Å². The SMILES string of the molecule is CCC[C@H](NC(=O)Cc1c(C)c2cc3c(-c4ccc(Cl)cc4)coc3cc2oc1=O)C(=O)[O-]. The summed E-state index contributed by atoms with van der Waals surface area (Å²) in [4.78, 5) is 36.3. The molecule has 1 atom stereocenters. The Labute approximate surface area is 194 Å². The maximum atomic E-state index is 12.6. The Balaban J connectivity index is 1.74. The number of rotatable bonds is 7. The van der Waals surface area contributed by atoms with Crippen molar-refractivity contribution in [3.05, 3.63) is 69.2 Å². The van der Waals surface area contributed by atoms with Crippen LogP contribution in [0.1, 0.15) is 30.9 Å². The number of halogens is 1. The molecule has 2 heterocycles. The molecule has 0 unspecified atom stereocenters. The standard InChI is InChI=1S/C25H22ClNO6/c1-3-4-20(24(29)30)27-23(28)10-17-13(2)16-9-18-19(14-5-7-15(26)8-6-14)12-32-21(18)11-22(16)33-25(17)31/h5-9,11-12,20H,3-4,10H2,1-2H3,(H,27,28)(H,29,30)/p-1/t20-/m0/s1. The van der Waals surface area contributed by atoms with Gasteiger partial charge in [-0.3, -0.25) is 4.79 Å². The van der Waals surface area contributed by atoms with Crippen LogP contribution < -0.4 is 16.0 Å². The molecule has 170 valence electrons. The first kappa shape index (κ1) is 22.6. The van der Waals surface area contributed by atoms with Crippen molar-refractivity contribution in [1.29, 1.82) is 0 Å². The van der Waals surface area contributed by atoms with Crippen LogP contribution in [0.2, 0.25) is 5.02 Å². The molecule has 4 rings (SSSR count). The summed E-state index contributed by atoms with van der Waals surface area (Å²) in [5.41, 5.74) is 2.76. The van der Waals surface area contributed by atoms with Gasteiger partial charge in [0, 0.05) is 27.4 Å². The number of nitrogens with one attached hydrogen (secondary N) is 1. The summed E-state index contributed by atoms with van der Waals surface area (Å²) in [6.07, 6.45) is 2.13. The third-order valence-corrected chi connectivity index (χ3v) is 5.92. The van der Waals surface area contributed by atoms with Crippen LogP contribution in [-0.2, 0) is 16.0 Å². The molecule has 33 heavy (non-hydrogen) atoms. The predicted octanol–water partition coefficient (Wildman–Crippen LogP) is 3.75. The number of hydrogen-bond acceptors (Lipinski definition) is 6. The second kappa shape index (κ2) is 9.11. The van der Waals surface area contributed by atoms with Crippen LogP contribution in [0.25, 0.3) is 33.1 Å². The van der Waals surface area contributed by atoms with Crippen LogP contribution >= 0.6 is 11.6 Å². The van der Waals surface area contributed by atoms with Crippen molar-refractivity contribution in [3.63, 3.8) is 0 Å². The molecule has 2 aromatic carbocycles. The number of amides is 1. The summed E-state index contributed by atoms with van der Waals surface area (Å²) >= 11 is 6.00. The molecule has 1 N–H and O–H groups in total. The van der Waals surface area contributed by atoms with Gasteiger partial charge in [-0.05, 0) is 42.7 Å². The normalized spacial score (nSPS) is 12.2. The lowest BCUT2D eigenvalue weighted by Crippen LogP contribution is -2.48. The first-order valence-electron chi connectivity index (χ1n) is 10.5. The Morgan fingerprint density at radius 1 is 1.12 bits per heavy atom. The summed E-state index contributed by atoms with van der Waals surface area (Å²) in [7, 11) is 0. The van der Waals surface area contributed by atoms with E-state index in [4.69, 9.17) is 20.4 Å². The van der Waals surface area contributed by atoms with Crippen molar-refractivity contribution >= 4 is 45.4 Å². The quantitative estimate of drug-likeness (QED) is 0.415. The Kier molecular flexibility index (Phi) is 6.24. The van der Waals surface area contributed by atoms with E-state index in [2.05, 4.69) is 5.32 Å². The molecule has 0 spiro atoms. The van der Waals surface area contributed by atoms with Gasteiger partial charge in [-0.25, -0.2) is 4.79 Å². The maximum absolute atomic E-state index is 12.6. The predicted molar refractivity (Wildman–Crippen MR) is 123 cm³/mol. The highest BCUT2D eigenvalue weighted by Crippen LogP contribution is 2.35. The zero-order valence-corrected chi connectivity index (χ0v) is 18.8. The van der Waals surface area contributed by atoms with Gasteiger partial charge in [0.05, 0.1) is 30.3 Å². The van der Waals surface area contributed by atoms with Crippen molar-refractivity contribution in [2.45, 2.75) is 39.2 Å². The summed E-state index contributed by atoms with van der Waals surface area (Å²) in [6, 6.07) is 9.74. The number of aryl methyl sites for hydroxylation is 1. The van der Waals surface area contributed by atoms with Crippen molar-refractivity contribution in [3.8, 4) is 11.1 Å². The third-order valence-electron chi connectivity index (χ3n) is 5.67. The second-order valence-corrected chi connectivity index (χ2v) is 8.33. The van der Waals surface area contributed by atoms with Gasteiger partial charge in [0.2, 0.25) is 5.91 Å². The number of fused-ring (bicyclic) bond motifs is 2. The first-order chi connectivity index (χ1) is 15.8. The number of carboxylic acids is 1. The molecule has 0 saturated heterocycles. The van der Waals surface area contributed by atoms with Crippen molar-refractivity contribution in [1.82, 2.24) is 5.32 Å². The lowest BCUT2D eigenvalue weighted by molar-refractivity contribution is -0.308. The first-order valence-corrected chi connectivity index (χ1v) is 10.9. The van der Waals surface area contributed by atoms with Crippen molar-refractivity contribution < 1.29 is 23.5 Å². The molecule has 1 amide bonds. The Hall–Kier alpha value is -3.58. The molecule has 0 aliphatic heterocycles. The van der Waals surface area contributed by atoms with E-state index in [1.54, 1.807) is 38.3 Å². The summed E-state index contributed by atoms with van der Waals surface area (Å²) < 4.78 is 11.2. The monoisotopic (exact) mass is 466 g/mol. The van der Waals surface area contributed by atoms with Crippen molar-refractivity contribution in [2.75, 3.05) is 0 Å². The van der Waals surface area contributed by atoms with Gasteiger partial charge in [0.25, 0.3) is 0 Å². The van der Waals surface area contributed by atoms with Crippen LogP contribution in [0.4, 0.5) is 0 Å². The van der Waals surface area contributed by atoms with Crippen molar-refractivity contribution in [2.24, 2.45) is 0 Å². The zero-order valence-electron chi connectivity index (χ0n) is 18.1. The molecule has 2 aromatic heterocycles. The molecule has 8 heteroatoms. The molecule has 4 aromatic rings. The van der Waals surface area contributed by atoms with E-state index < -0.39 is 23.5 Å². The van der Waals surface area contributed by atoms with E-state index >= 15 is 0 Å². The number of hydrogen-bond donors (Lipinski definition) is 1. The molecule has 0 aliphatic carbocycles. The zero-order chi connectivity index (χ0) is 23.7. The highest BCUT2D eigenvalue weighted by atomic mass is 35.5. The third kappa shape index (κ3) is 4.50. The molecule has 0 radical (unpaired) electrons. The van der Waals surface area contributed by atoms with E-state index in [0.717, 1.165) is 16.5 Å². The number of furan rings is 1. The molecule has 0 aliphatic rings. The van der Waals surface area contributed by atoms with Gasteiger partial charge in [-0.15, -0.1) is 0 Å². The fraction of sp³-hybridized carbons (Fsp3) is 0.240. The highest BCUT2D eigenvalue weighted by Gasteiger charge is 2.19. The van der Waals surface area contributed by atoms with Gasteiger partial charge in [-0.1, -0.05) is 37.1 Å².